The van der Waals surface area contributed by atoms with Gasteiger partial charge >= 0.3 is 5.97 Å². The van der Waals surface area contributed by atoms with Crippen molar-refractivity contribution in [2.45, 2.75) is 32.8 Å². The molecule has 30 heavy (non-hydrogen) atoms. The summed E-state index contributed by atoms with van der Waals surface area (Å²) < 4.78 is 15.8. The summed E-state index contributed by atoms with van der Waals surface area (Å²) in [6, 6.07) is 18.0. The molecule has 1 heterocycles. The normalized spacial score (nSPS) is 11.0. The molecule has 0 bridgehead atoms. The number of hydrogen-bond donors (Lipinski definition) is 1. The van der Waals surface area contributed by atoms with Crippen LogP contribution in [-0.2, 0) is 21.6 Å². The smallest absolute Gasteiger partial charge is 0.338 e. The van der Waals surface area contributed by atoms with Crippen LogP contribution in [0.1, 0.15) is 42.4 Å². The second-order valence-electron chi connectivity index (χ2n) is 7.75. The van der Waals surface area contributed by atoms with E-state index in [1.165, 1.54) is 0 Å². The Morgan fingerprint density at radius 3 is 2.37 bits per heavy atom. The van der Waals surface area contributed by atoms with Gasteiger partial charge in [0.2, 0.25) is 5.88 Å². The number of nitrogens with one attached hydrogen (secondary N) is 1. The third-order valence-electron chi connectivity index (χ3n) is 4.21. The topological polar surface area (TPSA) is 90.7 Å². The Bertz CT molecular complexity index is 988. The van der Waals surface area contributed by atoms with Crippen molar-refractivity contribution >= 4 is 17.8 Å². The molecular formula is C23H24N2O5. The molecule has 156 valence electrons. The molecule has 0 unspecified atom stereocenters. The molecule has 2 aromatic carbocycles. The van der Waals surface area contributed by atoms with Gasteiger partial charge in [-0.15, -0.1) is 0 Å². The van der Waals surface area contributed by atoms with Crippen molar-refractivity contribution in [2.24, 2.45) is 0 Å². The lowest BCUT2D eigenvalue weighted by atomic mass is 9.92. The first-order valence-electron chi connectivity index (χ1n) is 9.52. The number of carbonyl (C=O) groups is 2. The first-order chi connectivity index (χ1) is 14.3. The summed E-state index contributed by atoms with van der Waals surface area (Å²) in [5.41, 5.74) is 1.89. The lowest BCUT2D eigenvalue weighted by molar-refractivity contribution is -0.119. The summed E-state index contributed by atoms with van der Waals surface area (Å²) in [6.45, 7) is 5.95. The highest BCUT2D eigenvalue weighted by molar-refractivity contribution is 5.94. The van der Waals surface area contributed by atoms with Gasteiger partial charge in [0.15, 0.2) is 6.61 Å². The number of esters is 1. The molecule has 1 aromatic heterocycles. The maximum atomic E-state index is 12.1. The van der Waals surface area contributed by atoms with E-state index < -0.39 is 18.5 Å². The third-order valence-corrected chi connectivity index (χ3v) is 4.21. The van der Waals surface area contributed by atoms with Crippen LogP contribution in [0.25, 0.3) is 0 Å². The van der Waals surface area contributed by atoms with E-state index in [9.17, 15) is 9.59 Å². The Labute approximate surface area is 175 Å². The van der Waals surface area contributed by atoms with Gasteiger partial charge in [0, 0.05) is 11.5 Å². The fourth-order valence-corrected chi connectivity index (χ4v) is 2.50. The van der Waals surface area contributed by atoms with Gasteiger partial charge in [0.1, 0.15) is 12.4 Å². The molecule has 1 amide bonds. The maximum Gasteiger partial charge on any atom is 0.338 e. The lowest BCUT2D eigenvalue weighted by Gasteiger charge is -2.12. The predicted octanol–water partition coefficient (Wildman–Crippen LogP) is 4.35. The number of benzene rings is 2. The number of amides is 1. The largest absolute Gasteiger partial charge is 0.489 e. The van der Waals surface area contributed by atoms with E-state index >= 15 is 0 Å². The molecule has 0 aliphatic rings. The summed E-state index contributed by atoms with van der Waals surface area (Å²) in [5, 5.41) is 6.43. The summed E-state index contributed by atoms with van der Waals surface area (Å²) in [4.78, 5) is 24.1. The van der Waals surface area contributed by atoms with Crippen LogP contribution in [0.5, 0.6) is 5.75 Å². The fraction of sp³-hybridized carbons (Fsp3) is 0.261. The Balaban J connectivity index is 1.46. The predicted molar refractivity (Wildman–Crippen MR) is 111 cm³/mol. The minimum atomic E-state index is -0.604. The molecule has 0 aliphatic carbocycles. The van der Waals surface area contributed by atoms with Gasteiger partial charge < -0.3 is 14.0 Å². The Hall–Kier alpha value is -3.61. The summed E-state index contributed by atoms with van der Waals surface area (Å²) in [5.74, 6) is -0.274. The van der Waals surface area contributed by atoms with Crippen molar-refractivity contribution in [3.05, 3.63) is 77.5 Å². The zero-order valence-electron chi connectivity index (χ0n) is 17.2. The fourth-order valence-electron chi connectivity index (χ4n) is 2.50. The molecule has 0 fully saturated rings. The molecule has 0 saturated carbocycles. The van der Waals surface area contributed by atoms with E-state index in [0.717, 1.165) is 5.56 Å². The van der Waals surface area contributed by atoms with Gasteiger partial charge in [-0.2, -0.15) is 0 Å². The molecule has 0 atom stereocenters. The van der Waals surface area contributed by atoms with Gasteiger partial charge in [-0.1, -0.05) is 56.3 Å². The highest BCUT2D eigenvalue weighted by atomic mass is 16.5. The van der Waals surface area contributed by atoms with Crippen LogP contribution < -0.4 is 10.1 Å². The molecule has 0 saturated heterocycles. The van der Waals surface area contributed by atoms with E-state index in [0.29, 0.717) is 23.6 Å². The van der Waals surface area contributed by atoms with E-state index in [1.807, 2.05) is 51.1 Å². The molecule has 3 rings (SSSR count). The Morgan fingerprint density at radius 1 is 1.03 bits per heavy atom. The van der Waals surface area contributed by atoms with Crippen LogP contribution in [0.4, 0.5) is 5.88 Å². The van der Waals surface area contributed by atoms with E-state index in [-0.39, 0.29) is 11.3 Å². The summed E-state index contributed by atoms with van der Waals surface area (Å²) in [7, 11) is 0. The Morgan fingerprint density at radius 2 is 1.73 bits per heavy atom. The minimum Gasteiger partial charge on any atom is -0.489 e. The van der Waals surface area contributed by atoms with Crippen LogP contribution in [0.2, 0.25) is 0 Å². The van der Waals surface area contributed by atoms with Crippen LogP contribution in [0.3, 0.4) is 0 Å². The average molecular weight is 408 g/mol. The number of hydrogen-bond acceptors (Lipinski definition) is 6. The summed E-state index contributed by atoms with van der Waals surface area (Å²) in [6.07, 6.45) is 0. The van der Waals surface area contributed by atoms with Gasteiger partial charge in [-0.25, -0.2) is 4.79 Å². The van der Waals surface area contributed by atoms with Crippen LogP contribution >= 0.6 is 0 Å². The number of carbonyl (C=O) groups excluding carboxylic acids is 2. The van der Waals surface area contributed by atoms with Gasteiger partial charge in [0.05, 0.1) is 11.3 Å². The van der Waals surface area contributed by atoms with Gasteiger partial charge in [-0.3, -0.25) is 10.1 Å². The van der Waals surface area contributed by atoms with Crippen molar-refractivity contribution < 1.29 is 23.6 Å². The molecule has 7 nitrogen and oxygen atoms in total. The zero-order valence-corrected chi connectivity index (χ0v) is 17.2. The van der Waals surface area contributed by atoms with Crippen molar-refractivity contribution in [3.63, 3.8) is 0 Å². The number of anilines is 1. The monoisotopic (exact) mass is 408 g/mol. The second-order valence-corrected chi connectivity index (χ2v) is 7.75. The standard InChI is InChI=1S/C23H24N2O5/c1-23(2,3)19-13-21(30-25-19)24-20(26)15-29-22(27)17-9-11-18(12-10-17)28-14-16-7-5-4-6-8-16/h4-13H,14-15H2,1-3H3,(H,24,26). The average Bonchev–Trinajstić information content (AvgIpc) is 3.21. The Kier molecular flexibility index (Phi) is 6.51. The highest BCUT2D eigenvalue weighted by Crippen LogP contribution is 2.23. The van der Waals surface area contributed by atoms with Crippen molar-refractivity contribution in [2.75, 3.05) is 11.9 Å². The second kappa shape index (κ2) is 9.26. The van der Waals surface area contributed by atoms with Crippen molar-refractivity contribution in [1.82, 2.24) is 5.16 Å². The lowest BCUT2D eigenvalue weighted by Crippen LogP contribution is -2.20. The molecule has 3 aromatic rings. The SMILES string of the molecule is CC(C)(C)c1cc(NC(=O)COC(=O)c2ccc(OCc3ccccc3)cc2)on1. The molecule has 1 N–H and O–H groups in total. The summed E-state index contributed by atoms with van der Waals surface area (Å²) >= 11 is 0. The van der Waals surface area contributed by atoms with Crippen LogP contribution in [0.15, 0.2) is 65.2 Å². The van der Waals surface area contributed by atoms with E-state index in [1.54, 1.807) is 30.3 Å². The minimum absolute atomic E-state index is 0.198. The first-order valence-corrected chi connectivity index (χ1v) is 9.52. The van der Waals surface area contributed by atoms with Gasteiger partial charge in [-0.05, 0) is 29.8 Å². The molecular weight excluding hydrogens is 384 g/mol. The van der Waals surface area contributed by atoms with Crippen LogP contribution in [-0.4, -0.2) is 23.6 Å². The third kappa shape index (κ3) is 5.94. The molecule has 0 radical (unpaired) electrons. The van der Waals surface area contributed by atoms with Crippen molar-refractivity contribution in [3.8, 4) is 5.75 Å². The number of nitrogens with zero attached hydrogens (tertiary/aromatic N) is 1. The van der Waals surface area contributed by atoms with E-state index in [4.69, 9.17) is 14.0 Å². The number of aromatic nitrogens is 1. The number of ether oxygens (including phenoxy) is 2. The first kappa shape index (κ1) is 21.1. The quantitative estimate of drug-likeness (QED) is 0.585. The van der Waals surface area contributed by atoms with Gasteiger partial charge in [0.25, 0.3) is 5.91 Å². The highest BCUT2D eigenvalue weighted by Gasteiger charge is 2.20. The maximum absolute atomic E-state index is 12.1. The van der Waals surface area contributed by atoms with E-state index in [2.05, 4.69) is 10.5 Å². The molecule has 0 spiro atoms. The number of rotatable bonds is 7. The molecule has 0 aliphatic heterocycles. The molecule has 7 heteroatoms. The van der Waals surface area contributed by atoms with Crippen LogP contribution in [0, 0.1) is 0 Å². The van der Waals surface area contributed by atoms with Crippen molar-refractivity contribution in [1.29, 1.82) is 0 Å². The zero-order chi connectivity index (χ0) is 21.6.